The van der Waals surface area contributed by atoms with Crippen molar-refractivity contribution in [3.8, 4) is 0 Å². The summed E-state index contributed by atoms with van der Waals surface area (Å²) in [4.78, 5) is 25.2. The fraction of sp³-hybridized carbons (Fsp3) is 0.833. The zero-order chi connectivity index (χ0) is 17.4. The van der Waals surface area contributed by atoms with Gasteiger partial charge in [0.1, 0.15) is 5.60 Å². The van der Waals surface area contributed by atoms with E-state index < -0.39 is 34.2 Å². The number of hydrogen-bond acceptors (Lipinski definition) is 6. The molecule has 132 valence electrons. The van der Waals surface area contributed by atoms with E-state index in [1.807, 2.05) is 0 Å². The highest BCUT2D eigenvalue weighted by molar-refractivity contribution is 7.80. The second-order valence-corrected chi connectivity index (χ2v) is 7.54. The van der Waals surface area contributed by atoms with E-state index in [9.17, 15) is 18.0 Å². The van der Waals surface area contributed by atoms with Crippen LogP contribution in [0.15, 0.2) is 0 Å². The predicted octanol–water partition coefficient (Wildman–Crippen LogP) is 0.514. The van der Waals surface area contributed by atoms with Gasteiger partial charge in [0.25, 0.3) is 0 Å². The number of amides is 3. The first-order valence-corrected chi connectivity index (χ1v) is 8.56. The Morgan fingerprint density at radius 2 is 2.04 bits per heavy atom. The van der Waals surface area contributed by atoms with Gasteiger partial charge in [-0.25, -0.2) is 9.59 Å². The fourth-order valence-electron chi connectivity index (χ4n) is 2.64. The molecule has 0 aromatic carbocycles. The number of nitrogens with zero attached hydrogens (tertiary/aromatic N) is 2. The normalized spacial score (nSPS) is 24.8. The number of urea groups is 1. The van der Waals surface area contributed by atoms with Crippen molar-refractivity contribution >= 4 is 22.5 Å². The minimum Gasteiger partial charge on any atom is -0.444 e. The predicted molar refractivity (Wildman–Crippen MR) is 77.6 cm³/mol. The van der Waals surface area contributed by atoms with E-state index in [1.165, 1.54) is 4.90 Å². The molecule has 2 fully saturated rings. The third-order valence-electron chi connectivity index (χ3n) is 3.50. The summed E-state index contributed by atoms with van der Waals surface area (Å²) in [5.74, 6) is 0. The van der Waals surface area contributed by atoms with Crippen molar-refractivity contribution < 1.29 is 31.6 Å². The van der Waals surface area contributed by atoms with Crippen LogP contribution in [-0.4, -0.2) is 65.8 Å². The summed E-state index contributed by atoms with van der Waals surface area (Å²) in [7, 11) is -4.75. The Hall–Kier alpha value is -1.59. The number of carbonyl (C=O) groups is 2. The molecule has 11 heteroatoms. The van der Waals surface area contributed by atoms with Gasteiger partial charge in [-0.05, 0) is 33.6 Å². The third-order valence-corrected chi connectivity index (χ3v) is 3.85. The molecule has 0 aromatic rings. The monoisotopic (exact) mass is 351 g/mol. The summed E-state index contributed by atoms with van der Waals surface area (Å²) in [6.07, 6.45) is 0.480. The van der Waals surface area contributed by atoms with Crippen molar-refractivity contribution in [3.63, 3.8) is 0 Å². The van der Waals surface area contributed by atoms with Crippen LogP contribution in [0.5, 0.6) is 0 Å². The molecule has 2 aliphatic heterocycles. The fourth-order valence-corrected chi connectivity index (χ4v) is 3.03. The van der Waals surface area contributed by atoms with Crippen LogP contribution in [0, 0.1) is 0 Å². The van der Waals surface area contributed by atoms with Crippen LogP contribution in [0.1, 0.15) is 33.6 Å². The molecule has 2 rings (SSSR count). The molecule has 1 unspecified atom stereocenters. The van der Waals surface area contributed by atoms with E-state index >= 15 is 0 Å². The van der Waals surface area contributed by atoms with E-state index in [2.05, 4.69) is 9.60 Å². The van der Waals surface area contributed by atoms with Gasteiger partial charge in [-0.2, -0.15) is 13.5 Å². The van der Waals surface area contributed by atoms with Gasteiger partial charge >= 0.3 is 22.5 Å². The highest BCUT2D eigenvalue weighted by Gasteiger charge is 2.47. The number of alkyl carbamates (subject to hydrolysis) is 1. The van der Waals surface area contributed by atoms with Gasteiger partial charge < -0.3 is 15.0 Å². The van der Waals surface area contributed by atoms with Crippen molar-refractivity contribution in [3.05, 3.63) is 0 Å². The standard InChI is InChI=1S/C12H21N3O7S/c1-12(2,3)21-10(16)13-6-8-4-5-9-7-14(8)11(17)15(9)22-23(18,19)20/h8-9H,4-7H2,1-3H3,(H,13,16)(H,18,19,20)/t8-,9?/m0/s1. The van der Waals surface area contributed by atoms with Gasteiger partial charge in [-0.1, -0.05) is 0 Å². The van der Waals surface area contributed by atoms with Crippen LogP contribution in [-0.2, 0) is 19.4 Å². The molecule has 0 saturated carbocycles. The van der Waals surface area contributed by atoms with Gasteiger partial charge in [-0.15, -0.1) is 4.28 Å². The number of rotatable bonds is 4. The molecule has 2 aliphatic rings. The Kier molecular flexibility index (Phi) is 4.74. The van der Waals surface area contributed by atoms with Gasteiger partial charge in [0, 0.05) is 13.1 Å². The maximum absolute atomic E-state index is 12.2. The molecule has 0 radical (unpaired) electrons. The molecule has 10 nitrogen and oxygen atoms in total. The maximum Gasteiger partial charge on any atom is 0.418 e. The highest BCUT2D eigenvalue weighted by Crippen LogP contribution is 2.30. The first-order chi connectivity index (χ1) is 10.5. The second kappa shape index (κ2) is 6.13. The first-order valence-electron chi connectivity index (χ1n) is 7.20. The molecule has 2 saturated heterocycles. The molecule has 0 aliphatic carbocycles. The summed E-state index contributed by atoms with van der Waals surface area (Å²) < 4.78 is 39.8. The minimum atomic E-state index is -4.75. The van der Waals surface area contributed by atoms with Crippen molar-refractivity contribution in [1.82, 2.24) is 15.3 Å². The van der Waals surface area contributed by atoms with E-state index in [4.69, 9.17) is 9.29 Å². The summed E-state index contributed by atoms with van der Waals surface area (Å²) in [6, 6.07) is -1.38. The van der Waals surface area contributed by atoms with Gasteiger partial charge in [0.05, 0.1) is 12.1 Å². The molecular weight excluding hydrogens is 330 g/mol. The Morgan fingerprint density at radius 3 is 2.61 bits per heavy atom. The molecule has 0 aromatic heterocycles. The lowest BCUT2D eigenvalue weighted by atomic mass is 10.0. The van der Waals surface area contributed by atoms with E-state index in [1.54, 1.807) is 20.8 Å². The summed E-state index contributed by atoms with van der Waals surface area (Å²) >= 11 is 0. The lowest BCUT2D eigenvalue weighted by Gasteiger charge is -2.30. The molecule has 2 N–H and O–H groups in total. The summed E-state index contributed by atoms with van der Waals surface area (Å²) in [5.41, 5.74) is -0.620. The molecule has 2 bridgehead atoms. The minimum absolute atomic E-state index is 0.188. The van der Waals surface area contributed by atoms with Crippen molar-refractivity contribution in [2.45, 2.75) is 51.3 Å². The Bertz CT molecular complexity index is 586. The number of ether oxygens (including phenoxy) is 1. The molecule has 3 amide bonds. The quantitative estimate of drug-likeness (QED) is 0.707. The van der Waals surface area contributed by atoms with Crippen molar-refractivity contribution in [1.29, 1.82) is 0 Å². The van der Waals surface area contributed by atoms with Crippen molar-refractivity contribution in [2.24, 2.45) is 0 Å². The lowest BCUT2D eigenvalue weighted by molar-refractivity contribution is -0.0317. The van der Waals surface area contributed by atoms with Crippen LogP contribution in [0.2, 0.25) is 0 Å². The van der Waals surface area contributed by atoms with Crippen LogP contribution >= 0.6 is 0 Å². The average Bonchev–Trinajstić information content (AvgIpc) is 2.60. The Balaban J connectivity index is 1.93. The summed E-state index contributed by atoms with van der Waals surface area (Å²) in [6.45, 7) is 5.69. The van der Waals surface area contributed by atoms with Crippen LogP contribution in [0.25, 0.3) is 0 Å². The van der Waals surface area contributed by atoms with Crippen LogP contribution in [0.4, 0.5) is 9.59 Å². The highest BCUT2D eigenvalue weighted by atomic mass is 32.3. The molecule has 23 heavy (non-hydrogen) atoms. The largest absolute Gasteiger partial charge is 0.444 e. The Labute approximate surface area is 134 Å². The molecule has 2 atom stereocenters. The third kappa shape index (κ3) is 4.69. The second-order valence-electron chi connectivity index (χ2n) is 6.53. The number of piperidine rings is 1. The van der Waals surface area contributed by atoms with E-state index in [0.717, 1.165) is 0 Å². The number of hydrogen-bond donors (Lipinski definition) is 2. The molecule has 0 spiro atoms. The van der Waals surface area contributed by atoms with E-state index in [-0.39, 0.29) is 19.1 Å². The number of carbonyl (C=O) groups excluding carboxylic acids is 2. The average molecular weight is 351 g/mol. The lowest BCUT2D eigenvalue weighted by Crippen LogP contribution is -2.47. The maximum atomic E-state index is 12.2. The number of nitrogens with one attached hydrogen (secondary N) is 1. The van der Waals surface area contributed by atoms with Crippen LogP contribution in [0.3, 0.4) is 0 Å². The van der Waals surface area contributed by atoms with Gasteiger partial charge in [0.15, 0.2) is 0 Å². The smallest absolute Gasteiger partial charge is 0.418 e. The van der Waals surface area contributed by atoms with Crippen LogP contribution < -0.4 is 5.32 Å². The number of hydroxylamine groups is 2. The van der Waals surface area contributed by atoms with E-state index in [0.29, 0.717) is 17.9 Å². The van der Waals surface area contributed by atoms with Crippen molar-refractivity contribution in [2.75, 3.05) is 13.1 Å². The zero-order valence-corrected chi connectivity index (χ0v) is 14.0. The first kappa shape index (κ1) is 17.8. The van der Waals surface area contributed by atoms with Gasteiger partial charge in [-0.3, -0.25) is 4.55 Å². The number of fused-ring (bicyclic) bond motifs is 2. The SMILES string of the molecule is CC(C)(C)OC(=O)NC[C@@H]1CCC2CN1C(=O)N2OS(=O)(=O)O. The topological polar surface area (TPSA) is 125 Å². The molecular formula is C12H21N3O7S. The van der Waals surface area contributed by atoms with Gasteiger partial charge in [0.2, 0.25) is 0 Å². The summed E-state index contributed by atoms with van der Waals surface area (Å²) in [5, 5.41) is 3.26. The Morgan fingerprint density at radius 1 is 1.39 bits per heavy atom. The molecule has 2 heterocycles. The zero-order valence-electron chi connectivity index (χ0n) is 13.2.